The molecule has 214 valence electrons. The number of carbonyl (C=O) groups excluding carboxylic acids is 2. The van der Waals surface area contributed by atoms with Gasteiger partial charge in [-0.15, -0.1) is 0 Å². The summed E-state index contributed by atoms with van der Waals surface area (Å²) in [5, 5.41) is 39.7. The van der Waals surface area contributed by atoms with Crippen LogP contribution in [0.2, 0.25) is 0 Å². The Morgan fingerprint density at radius 3 is 2.13 bits per heavy atom. The number of carbonyl (C=O) groups is 3. The fraction of sp³-hybridized carbons (Fsp3) is 0.625. The zero-order valence-electron chi connectivity index (χ0n) is 22.2. The average molecular weight is 545 g/mol. The van der Waals surface area contributed by atoms with Crippen LogP contribution in [0.3, 0.4) is 0 Å². The lowest BCUT2D eigenvalue weighted by atomic mass is 9.99. The van der Waals surface area contributed by atoms with E-state index in [0.29, 0.717) is 11.3 Å². The van der Waals surface area contributed by atoms with Crippen molar-refractivity contribution in [1.29, 1.82) is 0 Å². The van der Waals surface area contributed by atoms with Gasteiger partial charge in [-0.25, -0.2) is 14.4 Å². The van der Waals surface area contributed by atoms with Gasteiger partial charge >= 0.3 is 18.2 Å². The number of aliphatic hydroxyl groups excluding tert-OH is 3. The van der Waals surface area contributed by atoms with Gasteiger partial charge < -0.3 is 53.9 Å². The molecule has 0 aliphatic carbocycles. The number of carboxylic acid groups (broad SMARTS) is 1. The number of aliphatic carboxylic acids is 1. The predicted octanol–water partition coefficient (Wildman–Crippen LogP) is 0.402. The number of nitrogens with zero attached hydrogens (tertiary/aromatic N) is 2. The van der Waals surface area contributed by atoms with Crippen molar-refractivity contribution in [3.63, 3.8) is 0 Å². The number of carboxylic acids is 1. The van der Waals surface area contributed by atoms with Crippen LogP contribution in [0.15, 0.2) is 18.2 Å². The Morgan fingerprint density at radius 1 is 0.974 bits per heavy atom. The van der Waals surface area contributed by atoms with Crippen LogP contribution in [0.1, 0.15) is 26.3 Å². The van der Waals surface area contributed by atoms with E-state index in [4.69, 9.17) is 18.9 Å². The van der Waals surface area contributed by atoms with Crippen LogP contribution >= 0.6 is 0 Å². The molecule has 1 saturated heterocycles. The van der Waals surface area contributed by atoms with Crippen molar-refractivity contribution >= 4 is 18.2 Å². The number of rotatable bonds is 9. The van der Waals surface area contributed by atoms with Crippen molar-refractivity contribution in [2.45, 2.75) is 63.7 Å². The molecule has 2 amide bonds. The second-order valence-corrected chi connectivity index (χ2v) is 9.70. The van der Waals surface area contributed by atoms with Crippen LogP contribution in [-0.2, 0) is 25.6 Å². The first-order valence-corrected chi connectivity index (χ1v) is 11.7. The third kappa shape index (κ3) is 8.34. The number of likely N-dealkylation sites (N-methyl/N-ethyl adjacent to an activating group) is 2. The molecule has 1 aliphatic heterocycles. The van der Waals surface area contributed by atoms with Gasteiger partial charge in [-0.2, -0.15) is 0 Å². The lowest BCUT2D eigenvalue weighted by Gasteiger charge is -2.38. The molecule has 1 heterocycles. The molecule has 1 aliphatic rings. The van der Waals surface area contributed by atoms with E-state index in [1.807, 2.05) is 20.8 Å². The molecule has 2 rings (SSSR count). The molecule has 1 aromatic rings. The zero-order valence-corrected chi connectivity index (χ0v) is 22.2. The smallest absolute Gasteiger partial charge is 0.409 e. The lowest BCUT2D eigenvalue weighted by molar-refractivity contribution is -0.271. The van der Waals surface area contributed by atoms with Crippen LogP contribution in [-0.4, -0.2) is 119 Å². The molecule has 14 heteroatoms. The molecule has 1 aromatic carbocycles. The summed E-state index contributed by atoms with van der Waals surface area (Å²) in [4.78, 5) is 38.0. The first kappa shape index (κ1) is 30.9. The highest BCUT2D eigenvalue weighted by molar-refractivity contribution is 5.73. The fourth-order valence-electron chi connectivity index (χ4n) is 3.34. The van der Waals surface area contributed by atoms with E-state index < -0.39 is 54.5 Å². The average Bonchev–Trinajstić information content (AvgIpc) is 2.84. The minimum Gasteiger partial charge on any atom is -0.488 e. The summed E-state index contributed by atoms with van der Waals surface area (Å²) in [6.07, 6.45) is -10.3. The lowest BCUT2D eigenvalue weighted by Crippen LogP contribution is -2.61. The largest absolute Gasteiger partial charge is 0.488 e. The third-order valence-electron chi connectivity index (χ3n) is 5.44. The highest BCUT2D eigenvalue weighted by Gasteiger charge is 2.48. The van der Waals surface area contributed by atoms with Gasteiger partial charge in [0, 0.05) is 38.8 Å². The van der Waals surface area contributed by atoms with E-state index >= 15 is 0 Å². The summed E-state index contributed by atoms with van der Waals surface area (Å²) >= 11 is 0. The predicted molar refractivity (Wildman–Crippen MR) is 130 cm³/mol. The molecule has 0 bridgehead atoms. The maximum Gasteiger partial charge on any atom is 0.409 e. The highest BCUT2D eigenvalue weighted by atomic mass is 16.7. The van der Waals surface area contributed by atoms with Gasteiger partial charge in [0.15, 0.2) is 6.10 Å². The van der Waals surface area contributed by atoms with Gasteiger partial charge in [0.05, 0.1) is 7.11 Å². The van der Waals surface area contributed by atoms with Gasteiger partial charge in [-0.05, 0) is 32.9 Å². The van der Waals surface area contributed by atoms with Gasteiger partial charge in [0.25, 0.3) is 0 Å². The normalized spacial score (nSPS) is 23.2. The summed E-state index contributed by atoms with van der Waals surface area (Å²) < 4.78 is 26.7. The number of aliphatic hydroxyl groups is 3. The van der Waals surface area contributed by atoms with Crippen LogP contribution < -0.4 is 9.47 Å². The van der Waals surface area contributed by atoms with E-state index in [1.165, 1.54) is 37.1 Å². The molecule has 14 nitrogen and oxygen atoms in total. The molecule has 4 N–H and O–H groups in total. The Morgan fingerprint density at radius 2 is 1.58 bits per heavy atom. The summed E-state index contributed by atoms with van der Waals surface area (Å²) in [6.45, 7) is 5.52. The quantitative estimate of drug-likeness (QED) is 0.336. The molecule has 0 radical (unpaired) electrons. The zero-order chi connectivity index (χ0) is 28.8. The number of hydrogen-bond acceptors (Lipinski definition) is 11. The van der Waals surface area contributed by atoms with Crippen LogP contribution in [0.4, 0.5) is 9.59 Å². The number of ether oxygens (including phenoxy) is 5. The van der Waals surface area contributed by atoms with Crippen molar-refractivity contribution in [3.05, 3.63) is 23.8 Å². The first-order valence-electron chi connectivity index (χ1n) is 11.7. The molecule has 1 fully saturated rings. The fourth-order valence-corrected chi connectivity index (χ4v) is 3.34. The second kappa shape index (κ2) is 13.0. The standard InChI is InChI=1S/C24H36N2O12/c1-24(2,3)38-14-8-7-13(12-35-23(33)26(5)10-9-25(4)22(32)34-6)15(11-14)36-21-18(29)16(27)17(28)19(37-21)20(30)31/h7-8,11,16-19,21,27-29H,9-10,12H2,1-6H3,(H,30,31)/t16-,17-,18+,19-,21+/m0/s1. The van der Waals surface area contributed by atoms with Crippen molar-refractivity contribution < 1.29 is 58.5 Å². The molecule has 0 spiro atoms. The van der Waals surface area contributed by atoms with Gasteiger partial charge in [0.2, 0.25) is 6.29 Å². The van der Waals surface area contributed by atoms with Crippen molar-refractivity contribution in [3.8, 4) is 11.5 Å². The Bertz CT molecular complexity index is 982. The minimum absolute atomic E-state index is 0.0180. The second-order valence-electron chi connectivity index (χ2n) is 9.70. The third-order valence-corrected chi connectivity index (χ3v) is 5.44. The van der Waals surface area contributed by atoms with E-state index in [0.717, 1.165) is 0 Å². The summed E-state index contributed by atoms with van der Waals surface area (Å²) in [5.41, 5.74) is -0.274. The van der Waals surface area contributed by atoms with E-state index in [1.54, 1.807) is 12.1 Å². The Balaban J connectivity index is 2.20. The highest BCUT2D eigenvalue weighted by Crippen LogP contribution is 2.31. The van der Waals surface area contributed by atoms with Crippen LogP contribution in [0.25, 0.3) is 0 Å². The van der Waals surface area contributed by atoms with Crippen molar-refractivity contribution in [2.24, 2.45) is 0 Å². The molecule has 0 saturated carbocycles. The number of benzene rings is 1. The van der Waals surface area contributed by atoms with Gasteiger partial charge in [0.1, 0.15) is 42.0 Å². The van der Waals surface area contributed by atoms with Gasteiger partial charge in [-0.1, -0.05) is 0 Å². The van der Waals surface area contributed by atoms with Gasteiger partial charge in [-0.3, -0.25) is 0 Å². The van der Waals surface area contributed by atoms with Crippen molar-refractivity contribution in [1.82, 2.24) is 9.80 Å². The van der Waals surface area contributed by atoms with E-state index in [2.05, 4.69) is 4.74 Å². The Kier molecular flexibility index (Phi) is 10.5. The topological polar surface area (TPSA) is 185 Å². The summed E-state index contributed by atoms with van der Waals surface area (Å²) in [5.74, 6) is -1.19. The monoisotopic (exact) mass is 544 g/mol. The van der Waals surface area contributed by atoms with Crippen LogP contribution in [0.5, 0.6) is 11.5 Å². The molecule has 0 aromatic heterocycles. The van der Waals surface area contributed by atoms with E-state index in [9.17, 15) is 34.8 Å². The molecular weight excluding hydrogens is 508 g/mol. The summed E-state index contributed by atoms with van der Waals surface area (Å²) in [6, 6.07) is 4.59. The van der Waals surface area contributed by atoms with Crippen molar-refractivity contribution in [2.75, 3.05) is 34.3 Å². The first-order chi connectivity index (χ1) is 17.6. The maximum absolute atomic E-state index is 12.5. The maximum atomic E-state index is 12.5. The Labute approximate surface area is 220 Å². The molecule has 38 heavy (non-hydrogen) atoms. The van der Waals surface area contributed by atoms with E-state index in [-0.39, 0.29) is 25.4 Å². The number of methoxy groups -OCH3 is 1. The minimum atomic E-state index is -1.88. The van der Waals surface area contributed by atoms with Crippen LogP contribution in [0, 0.1) is 0 Å². The molecule has 0 unspecified atom stereocenters. The Hall–Kier alpha value is -3.33. The number of hydrogen-bond donors (Lipinski definition) is 4. The summed E-state index contributed by atoms with van der Waals surface area (Å²) in [7, 11) is 4.24. The molecular formula is C24H36N2O12. The number of amides is 2. The SMILES string of the molecule is COC(=O)N(C)CCN(C)C(=O)OCc1ccc(OC(C)(C)C)cc1O[C@@H]1O[C@H](C(=O)O)[C@@H](O)[C@H](O)[C@H]1O. The molecule has 5 atom stereocenters.